The first-order valence-electron chi connectivity index (χ1n) is 13.4. The van der Waals surface area contributed by atoms with Gasteiger partial charge in [-0.05, 0) is 69.0 Å². The van der Waals surface area contributed by atoms with Crippen molar-refractivity contribution in [1.29, 1.82) is 0 Å². The van der Waals surface area contributed by atoms with Crippen LogP contribution in [0.2, 0.25) is 0 Å². The predicted octanol–water partition coefficient (Wildman–Crippen LogP) is 4.22. The fraction of sp³-hybridized carbons (Fsp3) is 0.429. The molecule has 0 fully saturated rings. The fourth-order valence-corrected chi connectivity index (χ4v) is 7.76. The number of fused-ring (bicyclic) bond motifs is 1. The van der Waals surface area contributed by atoms with Crippen molar-refractivity contribution in [1.82, 2.24) is 19.0 Å². The monoisotopic (exact) mass is 585 g/mol. The van der Waals surface area contributed by atoms with Crippen molar-refractivity contribution < 1.29 is 22.8 Å². The molecule has 10 nitrogen and oxygen atoms in total. The summed E-state index contributed by atoms with van der Waals surface area (Å²) >= 11 is 1.27. The van der Waals surface area contributed by atoms with Gasteiger partial charge in [0, 0.05) is 42.7 Å². The summed E-state index contributed by atoms with van der Waals surface area (Å²) in [5, 5.41) is 7.61. The first-order chi connectivity index (χ1) is 19.0. The molecule has 0 spiro atoms. The van der Waals surface area contributed by atoms with Gasteiger partial charge in [-0.1, -0.05) is 13.8 Å². The quantitative estimate of drug-likeness (QED) is 0.401. The fourth-order valence-electron chi connectivity index (χ4n) is 4.88. The number of hydrogen-bond donors (Lipinski definition) is 1. The number of rotatable bonds is 9. The minimum absolute atomic E-state index is 0.0532. The van der Waals surface area contributed by atoms with Crippen LogP contribution in [0.4, 0.5) is 5.00 Å². The smallest absolute Gasteiger partial charge is 0.281 e. The van der Waals surface area contributed by atoms with Crippen LogP contribution >= 0.6 is 11.3 Å². The number of carbonyl (C=O) groups excluding carboxylic acids is 3. The molecule has 3 heterocycles. The molecule has 2 aromatic heterocycles. The van der Waals surface area contributed by atoms with Crippen LogP contribution in [-0.4, -0.2) is 64.8 Å². The molecule has 0 atom stereocenters. The third-order valence-corrected chi connectivity index (χ3v) is 9.89. The number of carbonyl (C=O) groups is 3. The number of nitrogens with zero attached hydrogens (tertiary/aromatic N) is 4. The predicted molar refractivity (Wildman–Crippen MR) is 154 cm³/mol. The number of hydrogen-bond acceptors (Lipinski definition) is 7. The molecule has 0 saturated heterocycles. The molecule has 1 aliphatic rings. The molecule has 0 saturated carbocycles. The van der Waals surface area contributed by atoms with Crippen LogP contribution in [0.15, 0.2) is 35.2 Å². The van der Waals surface area contributed by atoms with Gasteiger partial charge in [-0.3, -0.25) is 14.4 Å². The second kappa shape index (κ2) is 12.0. The van der Waals surface area contributed by atoms with Crippen molar-refractivity contribution in [2.24, 2.45) is 0 Å². The van der Waals surface area contributed by atoms with E-state index < -0.39 is 15.9 Å². The van der Waals surface area contributed by atoms with E-state index in [2.05, 4.69) is 10.4 Å². The lowest BCUT2D eigenvalue weighted by molar-refractivity contribution is -0.129. The Kier molecular flexibility index (Phi) is 8.91. The summed E-state index contributed by atoms with van der Waals surface area (Å²) in [5.41, 5.74) is 2.82. The summed E-state index contributed by atoms with van der Waals surface area (Å²) in [4.78, 5) is 41.7. The molecular weight excluding hydrogens is 550 g/mol. The molecule has 1 aliphatic heterocycles. The first kappa shape index (κ1) is 29.6. The number of aryl methyl sites for hydroxylation is 2. The highest BCUT2D eigenvalue weighted by atomic mass is 32.2. The minimum atomic E-state index is -3.67. The van der Waals surface area contributed by atoms with E-state index in [1.54, 1.807) is 18.7 Å². The Morgan fingerprint density at radius 1 is 1.07 bits per heavy atom. The van der Waals surface area contributed by atoms with Crippen LogP contribution in [0, 0.1) is 13.8 Å². The SMILES string of the molecule is CCCN(CCC)S(=O)(=O)c1ccc(C(=O)Nc2sc3c(c2C(=O)n2nc(C)cc2C)CCN(C(C)=O)C3)cc1. The van der Waals surface area contributed by atoms with E-state index in [1.165, 1.54) is 51.5 Å². The number of anilines is 1. The molecule has 4 rings (SSSR count). The molecule has 1 aromatic carbocycles. The Morgan fingerprint density at radius 2 is 1.73 bits per heavy atom. The summed E-state index contributed by atoms with van der Waals surface area (Å²) in [6.07, 6.45) is 1.89. The van der Waals surface area contributed by atoms with Gasteiger partial charge in [0.25, 0.3) is 11.8 Å². The number of nitrogens with one attached hydrogen (secondary N) is 1. The van der Waals surface area contributed by atoms with Gasteiger partial charge < -0.3 is 10.2 Å². The molecule has 40 heavy (non-hydrogen) atoms. The van der Waals surface area contributed by atoms with Gasteiger partial charge in [-0.25, -0.2) is 13.1 Å². The van der Waals surface area contributed by atoms with Crippen molar-refractivity contribution in [3.63, 3.8) is 0 Å². The molecule has 1 N–H and O–H groups in total. The zero-order valence-electron chi connectivity index (χ0n) is 23.5. The molecule has 12 heteroatoms. The van der Waals surface area contributed by atoms with Crippen molar-refractivity contribution >= 4 is 44.1 Å². The Morgan fingerprint density at radius 3 is 2.27 bits per heavy atom. The summed E-state index contributed by atoms with van der Waals surface area (Å²) in [5.74, 6) is -0.863. The standard InChI is InChI=1S/C28H35N5O5S2/c1-6-13-32(14-7-2)40(37,38)22-10-8-21(9-11-22)26(35)29-27-25(28(36)33-19(4)16-18(3)30-33)23-12-15-31(20(5)34)17-24(23)39-27/h8-11,16H,6-7,12-15,17H2,1-5H3,(H,29,35). The molecule has 2 amide bonds. The zero-order valence-corrected chi connectivity index (χ0v) is 25.1. The van der Waals surface area contributed by atoms with Crippen LogP contribution in [0.1, 0.15) is 76.2 Å². The lowest BCUT2D eigenvalue weighted by Gasteiger charge is -2.26. The largest absolute Gasteiger partial charge is 0.337 e. The van der Waals surface area contributed by atoms with E-state index in [-0.39, 0.29) is 22.3 Å². The van der Waals surface area contributed by atoms with E-state index >= 15 is 0 Å². The Labute approximate surface area is 239 Å². The number of benzene rings is 1. The highest BCUT2D eigenvalue weighted by Crippen LogP contribution is 2.38. The minimum Gasteiger partial charge on any atom is -0.337 e. The van der Waals surface area contributed by atoms with Crippen molar-refractivity contribution in [3.8, 4) is 0 Å². The Bertz CT molecular complexity index is 1530. The maximum atomic E-state index is 13.7. The van der Waals surface area contributed by atoms with E-state index in [1.807, 2.05) is 19.9 Å². The lowest BCUT2D eigenvalue weighted by atomic mass is 10.0. The first-order valence-corrected chi connectivity index (χ1v) is 15.6. The number of amides is 2. The third-order valence-electron chi connectivity index (χ3n) is 6.85. The van der Waals surface area contributed by atoms with Crippen molar-refractivity contribution in [2.45, 2.75) is 65.3 Å². The molecular formula is C28H35N5O5S2. The van der Waals surface area contributed by atoms with Gasteiger partial charge in [-0.15, -0.1) is 11.3 Å². The van der Waals surface area contributed by atoms with E-state index in [4.69, 9.17) is 0 Å². The average Bonchev–Trinajstić information content (AvgIpc) is 3.45. The van der Waals surface area contributed by atoms with Gasteiger partial charge in [0.05, 0.1) is 22.7 Å². The van der Waals surface area contributed by atoms with Crippen LogP contribution in [0.25, 0.3) is 0 Å². The Balaban J connectivity index is 1.65. The van der Waals surface area contributed by atoms with Gasteiger partial charge in [0.1, 0.15) is 5.00 Å². The second-order valence-electron chi connectivity index (χ2n) is 9.93. The molecule has 3 aromatic rings. The normalized spacial score (nSPS) is 13.4. The van der Waals surface area contributed by atoms with Crippen LogP contribution in [0.3, 0.4) is 0 Å². The van der Waals surface area contributed by atoms with E-state index in [0.29, 0.717) is 67.4 Å². The van der Waals surface area contributed by atoms with Crippen molar-refractivity contribution in [2.75, 3.05) is 25.0 Å². The third kappa shape index (κ3) is 5.89. The van der Waals surface area contributed by atoms with E-state index in [9.17, 15) is 22.8 Å². The van der Waals surface area contributed by atoms with Crippen LogP contribution < -0.4 is 5.32 Å². The summed E-state index contributed by atoms with van der Waals surface area (Å²) in [6, 6.07) is 7.64. The number of thiophene rings is 1. The second-order valence-corrected chi connectivity index (χ2v) is 13.0. The molecule has 0 unspecified atom stereocenters. The Hall–Kier alpha value is -3.35. The topological polar surface area (TPSA) is 122 Å². The van der Waals surface area contributed by atoms with Crippen molar-refractivity contribution in [3.05, 3.63) is 63.3 Å². The van der Waals surface area contributed by atoms with E-state index in [0.717, 1.165) is 10.4 Å². The summed E-state index contributed by atoms with van der Waals surface area (Å²) in [7, 11) is -3.67. The lowest BCUT2D eigenvalue weighted by Crippen LogP contribution is -2.34. The van der Waals surface area contributed by atoms with Crippen LogP contribution in [0.5, 0.6) is 0 Å². The highest BCUT2D eigenvalue weighted by Gasteiger charge is 2.31. The molecule has 0 bridgehead atoms. The molecule has 0 aliphatic carbocycles. The molecule has 214 valence electrons. The summed E-state index contributed by atoms with van der Waals surface area (Å²) in [6.45, 7) is 10.7. The van der Waals surface area contributed by atoms with Gasteiger partial charge in [0.2, 0.25) is 15.9 Å². The van der Waals surface area contributed by atoms with Gasteiger partial charge >= 0.3 is 0 Å². The van der Waals surface area contributed by atoms with Gasteiger partial charge in [0.15, 0.2) is 0 Å². The maximum Gasteiger partial charge on any atom is 0.281 e. The maximum absolute atomic E-state index is 13.7. The zero-order chi connectivity index (χ0) is 29.2. The highest BCUT2D eigenvalue weighted by molar-refractivity contribution is 7.89. The average molecular weight is 586 g/mol. The summed E-state index contributed by atoms with van der Waals surface area (Å²) < 4.78 is 29.0. The molecule has 0 radical (unpaired) electrons. The van der Waals surface area contributed by atoms with Gasteiger partial charge in [-0.2, -0.15) is 9.40 Å². The number of sulfonamides is 1. The number of aromatic nitrogens is 2. The van der Waals surface area contributed by atoms with Crippen LogP contribution in [-0.2, 0) is 27.8 Å².